The van der Waals surface area contributed by atoms with Crippen molar-refractivity contribution in [3.05, 3.63) is 0 Å². The molecule has 1 rings (SSSR count). The number of aliphatic imine (C=N–C) groups is 1. The van der Waals surface area contributed by atoms with Gasteiger partial charge in [-0.15, -0.1) is 0 Å². The van der Waals surface area contributed by atoms with Gasteiger partial charge in [0.05, 0.1) is 0 Å². The van der Waals surface area contributed by atoms with Crippen molar-refractivity contribution in [1.82, 2.24) is 10.2 Å². The molecular weight excluding hydrogens is 218 g/mol. The van der Waals surface area contributed by atoms with Gasteiger partial charge < -0.3 is 10.2 Å². The summed E-state index contributed by atoms with van der Waals surface area (Å²) in [5.74, 6) is 2.96. The molecule has 0 aromatic carbocycles. The number of hydrogen-bond acceptors (Lipinski definition) is 2. The Balaban J connectivity index is 2.46. The standard InChI is InChI=1S/C12H25N3S/c1-5-11-9-15(6-7-16-11)12(13-4)14-8-10(2)3/h10-11H,5-9H2,1-4H3,(H,13,14). The number of nitrogens with zero attached hydrogens (tertiary/aromatic N) is 2. The van der Waals surface area contributed by atoms with Gasteiger partial charge in [0.15, 0.2) is 5.96 Å². The summed E-state index contributed by atoms with van der Waals surface area (Å²) in [7, 11) is 1.88. The van der Waals surface area contributed by atoms with Gasteiger partial charge in [-0.3, -0.25) is 4.99 Å². The molecule has 1 atom stereocenters. The van der Waals surface area contributed by atoms with Gasteiger partial charge in [0.2, 0.25) is 0 Å². The van der Waals surface area contributed by atoms with Crippen LogP contribution in [-0.4, -0.2) is 48.5 Å². The molecule has 0 amide bonds. The minimum absolute atomic E-state index is 0.665. The molecule has 1 saturated heterocycles. The van der Waals surface area contributed by atoms with E-state index in [1.165, 1.54) is 12.2 Å². The lowest BCUT2D eigenvalue weighted by Crippen LogP contribution is -2.48. The van der Waals surface area contributed by atoms with Gasteiger partial charge >= 0.3 is 0 Å². The average molecular weight is 243 g/mol. The number of thioether (sulfide) groups is 1. The van der Waals surface area contributed by atoms with Crippen LogP contribution < -0.4 is 5.32 Å². The number of nitrogens with one attached hydrogen (secondary N) is 1. The Morgan fingerprint density at radius 1 is 1.56 bits per heavy atom. The molecule has 4 heteroatoms. The highest BCUT2D eigenvalue weighted by Gasteiger charge is 2.21. The minimum atomic E-state index is 0.665. The Morgan fingerprint density at radius 2 is 2.31 bits per heavy atom. The van der Waals surface area contributed by atoms with Crippen molar-refractivity contribution in [2.24, 2.45) is 10.9 Å². The smallest absolute Gasteiger partial charge is 0.193 e. The second-order valence-electron chi connectivity index (χ2n) is 4.67. The van der Waals surface area contributed by atoms with E-state index < -0.39 is 0 Å². The third-order valence-electron chi connectivity index (χ3n) is 2.77. The molecule has 16 heavy (non-hydrogen) atoms. The van der Waals surface area contributed by atoms with Gasteiger partial charge in [-0.1, -0.05) is 20.8 Å². The summed E-state index contributed by atoms with van der Waals surface area (Å²) < 4.78 is 0. The van der Waals surface area contributed by atoms with Crippen LogP contribution >= 0.6 is 11.8 Å². The largest absolute Gasteiger partial charge is 0.356 e. The fraction of sp³-hybridized carbons (Fsp3) is 0.917. The molecule has 0 aliphatic carbocycles. The van der Waals surface area contributed by atoms with Gasteiger partial charge in [0.1, 0.15) is 0 Å². The van der Waals surface area contributed by atoms with E-state index in [0.717, 1.165) is 30.8 Å². The van der Waals surface area contributed by atoms with E-state index >= 15 is 0 Å². The predicted molar refractivity (Wildman–Crippen MR) is 74.3 cm³/mol. The molecule has 0 aromatic rings. The van der Waals surface area contributed by atoms with Crippen molar-refractivity contribution in [2.75, 3.05) is 32.4 Å². The maximum atomic E-state index is 4.37. The van der Waals surface area contributed by atoms with Crippen molar-refractivity contribution in [1.29, 1.82) is 0 Å². The minimum Gasteiger partial charge on any atom is -0.356 e. The van der Waals surface area contributed by atoms with E-state index in [1.54, 1.807) is 0 Å². The average Bonchev–Trinajstić information content (AvgIpc) is 2.30. The number of hydrogen-bond donors (Lipinski definition) is 1. The lowest BCUT2D eigenvalue weighted by molar-refractivity contribution is 0.404. The number of rotatable bonds is 3. The molecule has 3 nitrogen and oxygen atoms in total. The van der Waals surface area contributed by atoms with E-state index in [-0.39, 0.29) is 0 Å². The fourth-order valence-corrected chi connectivity index (χ4v) is 2.97. The van der Waals surface area contributed by atoms with E-state index in [4.69, 9.17) is 0 Å². The Morgan fingerprint density at radius 3 is 2.88 bits per heavy atom. The lowest BCUT2D eigenvalue weighted by Gasteiger charge is -2.34. The van der Waals surface area contributed by atoms with Crippen molar-refractivity contribution in [3.8, 4) is 0 Å². The summed E-state index contributed by atoms with van der Waals surface area (Å²) in [4.78, 5) is 6.77. The normalized spacial score (nSPS) is 22.7. The van der Waals surface area contributed by atoms with Crippen LogP contribution in [0.4, 0.5) is 0 Å². The molecule has 0 radical (unpaired) electrons. The van der Waals surface area contributed by atoms with Gasteiger partial charge in [0.25, 0.3) is 0 Å². The summed E-state index contributed by atoms with van der Waals surface area (Å²) in [5.41, 5.74) is 0. The molecular formula is C12H25N3S. The van der Waals surface area contributed by atoms with Crippen LogP contribution in [0.15, 0.2) is 4.99 Å². The second-order valence-corrected chi connectivity index (χ2v) is 6.08. The summed E-state index contributed by atoms with van der Waals surface area (Å²) in [5, 5.41) is 4.22. The van der Waals surface area contributed by atoms with Gasteiger partial charge in [-0.25, -0.2) is 0 Å². The molecule has 1 aliphatic heterocycles. The third-order valence-corrected chi connectivity index (χ3v) is 4.15. The van der Waals surface area contributed by atoms with Crippen molar-refractivity contribution >= 4 is 17.7 Å². The molecule has 1 aliphatic rings. The van der Waals surface area contributed by atoms with Crippen LogP contribution in [0.2, 0.25) is 0 Å². The Labute approximate surface area is 104 Å². The molecule has 0 saturated carbocycles. The van der Waals surface area contributed by atoms with Crippen molar-refractivity contribution in [3.63, 3.8) is 0 Å². The zero-order chi connectivity index (χ0) is 12.0. The first-order chi connectivity index (χ1) is 7.67. The van der Waals surface area contributed by atoms with Crippen LogP contribution in [0.1, 0.15) is 27.2 Å². The fourth-order valence-electron chi connectivity index (χ4n) is 1.79. The zero-order valence-electron chi connectivity index (χ0n) is 11.0. The van der Waals surface area contributed by atoms with Crippen LogP contribution in [0.3, 0.4) is 0 Å². The SMILES string of the molecule is CCC1CN(C(=NC)NCC(C)C)CCS1. The van der Waals surface area contributed by atoms with E-state index in [0.29, 0.717) is 5.92 Å². The first kappa shape index (κ1) is 13.7. The Kier molecular flexibility index (Phi) is 6.03. The van der Waals surface area contributed by atoms with E-state index in [2.05, 4.69) is 47.7 Å². The molecule has 1 heterocycles. The highest BCUT2D eigenvalue weighted by molar-refractivity contribution is 8.00. The first-order valence-corrected chi connectivity index (χ1v) is 7.29. The Bertz CT molecular complexity index is 228. The van der Waals surface area contributed by atoms with Gasteiger partial charge in [0, 0.05) is 37.7 Å². The van der Waals surface area contributed by atoms with Crippen molar-refractivity contribution in [2.45, 2.75) is 32.4 Å². The predicted octanol–water partition coefficient (Wildman–Crippen LogP) is 2.05. The molecule has 0 aromatic heterocycles. The van der Waals surface area contributed by atoms with Crippen molar-refractivity contribution < 1.29 is 0 Å². The first-order valence-electron chi connectivity index (χ1n) is 6.24. The van der Waals surface area contributed by atoms with Crippen LogP contribution in [-0.2, 0) is 0 Å². The Hall–Kier alpha value is -0.380. The monoisotopic (exact) mass is 243 g/mol. The van der Waals surface area contributed by atoms with Crippen LogP contribution in [0, 0.1) is 5.92 Å². The van der Waals surface area contributed by atoms with Crippen LogP contribution in [0.5, 0.6) is 0 Å². The van der Waals surface area contributed by atoms with Gasteiger partial charge in [-0.2, -0.15) is 11.8 Å². The molecule has 1 fully saturated rings. The molecule has 1 unspecified atom stereocenters. The number of guanidine groups is 1. The maximum absolute atomic E-state index is 4.37. The summed E-state index contributed by atoms with van der Waals surface area (Å²) in [6.45, 7) is 9.98. The maximum Gasteiger partial charge on any atom is 0.193 e. The highest BCUT2D eigenvalue weighted by atomic mass is 32.2. The van der Waals surface area contributed by atoms with E-state index in [9.17, 15) is 0 Å². The third kappa shape index (κ3) is 4.24. The molecule has 0 spiro atoms. The quantitative estimate of drug-likeness (QED) is 0.607. The summed E-state index contributed by atoms with van der Waals surface area (Å²) in [6.07, 6.45) is 1.25. The lowest BCUT2D eigenvalue weighted by atomic mass is 10.2. The highest BCUT2D eigenvalue weighted by Crippen LogP contribution is 2.20. The topological polar surface area (TPSA) is 27.6 Å². The van der Waals surface area contributed by atoms with Crippen LogP contribution in [0.25, 0.3) is 0 Å². The zero-order valence-corrected chi connectivity index (χ0v) is 11.8. The van der Waals surface area contributed by atoms with E-state index in [1.807, 2.05) is 7.05 Å². The summed E-state index contributed by atoms with van der Waals surface area (Å²) in [6, 6.07) is 0. The molecule has 1 N–H and O–H groups in total. The second kappa shape index (κ2) is 7.05. The van der Waals surface area contributed by atoms with Gasteiger partial charge in [-0.05, 0) is 12.3 Å². The molecule has 94 valence electrons. The summed E-state index contributed by atoms with van der Waals surface area (Å²) >= 11 is 2.09. The molecule has 0 bridgehead atoms.